The van der Waals surface area contributed by atoms with Gasteiger partial charge in [0.05, 0.1) is 0 Å². The Labute approximate surface area is 145 Å². The third-order valence-electron chi connectivity index (χ3n) is 4.76. The van der Waals surface area contributed by atoms with Crippen LogP contribution in [0.3, 0.4) is 0 Å². The zero-order valence-electron chi connectivity index (χ0n) is 14.5. The molecule has 0 N–H and O–H groups in total. The zero-order valence-corrected chi connectivity index (χ0v) is 14.5. The molecule has 1 aliphatic rings. The van der Waals surface area contributed by atoms with Crippen molar-refractivity contribution in [2.24, 2.45) is 7.05 Å². The SMILES string of the molecule is CC[C@@H](c1ccc(F)cc1F)N1CCN(C(=O)c2nccn2C)CC1. The number of imidazole rings is 1. The molecule has 7 heteroatoms. The van der Waals surface area contributed by atoms with Gasteiger partial charge >= 0.3 is 0 Å². The molecule has 0 spiro atoms. The van der Waals surface area contributed by atoms with Gasteiger partial charge in [0.15, 0.2) is 5.82 Å². The Kier molecular flexibility index (Phi) is 5.13. The van der Waals surface area contributed by atoms with Gasteiger partial charge < -0.3 is 9.47 Å². The first-order chi connectivity index (χ1) is 12.0. The van der Waals surface area contributed by atoms with Gasteiger partial charge in [-0.25, -0.2) is 13.8 Å². The Morgan fingerprint density at radius 3 is 2.52 bits per heavy atom. The summed E-state index contributed by atoms with van der Waals surface area (Å²) < 4.78 is 29.0. The van der Waals surface area contributed by atoms with Crippen LogP contribution < -0.4 is 0 Å². The molecule has 0 unspecified atom stereocenters. The highest BCUT2D eigenvalue weighted by atomic mass is 19.1. The van der Waals surface area contributed by atoms with Crippen molar-refractivity contribution in [3.63, 3.8) is 0 Å². The monoisotopic (exact) mass is 348 g/mol. The highest BCUT2D eigenvalue weighted by Gasteiger charge is 2.29. The molecule has 134 valence electrons. The van der Waals surface area contributed by atoms with Crippen LogP contribution in [0.1, 0.15) is 35.6 Å². The van der Waals surface area contributed by atoms with E-state index in [4.69, 9.17) is 0 Å². The molecule has 0 saturated carbocycles. The van der Waals surface area contributed by atoms with E-state index in [1.807, 2.05) is 6.92 Å². The molecule has 3 rings (SSSR count). The summed E-state index contributed by atoms with van der Waals surface area (Å²) in [5.74, 6) is -0.752. The fraction of sp³-hybridized carbons (Fsp3) is 0.444. The Morgan fingerprint density at radius 1 is 1.24 bits per heavy atom. The summed E-state index contributed by atoms with van der Waals surface area (Å²) in [7, 11) is 1.79. The lowest BCUT2D eigenvalue weighted by Crippen LogP contribution is -2.50. The molecule has 1 aliphatic heterocycles. The average Bonchev–Trinajstić information content (AvgIpc) is 3.03. The highest BCUT2D eigenvalue weighted by Crippen LogP contribution is 2.28. The Hall–Kier alpha value is -2.28. The van der Waals surface area contributed by atoms with Crippen molar-refractivity contribution in [2.75, 3.05) is 26.2 Å². The number of aryl methyl sites for hydroxylation is 1. The van der Waals surface area contributed by atoms with Crippen LogP contribution in [-0.2, 0) is 7.05 Å². The van der Waals surface area contributed by atoms with Crippen molar-refractivity contribution < 1.29 is 13.6 Å². The fourth-order valence-corrected chi connectivity index (χ4v) is 3.40. The second-order valence-electron chi connectivity index (χ2n) is 6.28. The molecule has 0 radical (unpaired) electrons. The van der Waals surface area contributed by atoms with E-state index in [-0.39, 0.29) is 11.9 Å². The maximum Gasteiger partial charge on any atom is 0.289 e. The second-order valence-corrected chi connectivity index (χ2v) is 6.28. The number of nitrogens with zero attached hydrogens (tertiary/aromatic N) is 4. The lowest BCUT2D eigenvalue weighted by molar-refractivity contribution is 0.0544. The van der Waals surface area contributed by atoms with Crippen molar-refractivity contribution in [3.05, 3.63) is 53.6 Å². The molecule has 1 aromatic heterocycles. The fourth-order valence-electron chi connectivity index (χ4n) is 3.40. The van der Waals surface area contributed by atoms with E-state index in [0.717, 1.165) is 12.5 Å². The normalized spacial score (nSPS) is 16.9. The molecule has 1 saturated heterocycles. The summed E-state index contributed by atoms with van der Waals surface area (Å²) in [5.41, 5.74) is 0.507. The van der Waals surface area contributed by atoms with Gasteiger partial charge in [0, 0.05) is 63.3 Å². The minimum Gasteiger partial charge on any atom is -0.333 e. The maximum absolute atomic E-state index is 14.1. The molecule has 1 atom stereocenters. The largest absolute Gasteiger partial charge is 0.333 e. The number of carbonyl (C=O) groups is 1. The van der Waals surface area contributed by atoms with Gasteiger partial charge in [0.2, 0.25) is 0 Å². The highest BCUT2D eigenvalue weighted by molar-refractivity contribution is 5.90. The number of piperazine rings is 1. The van der Waals surface area contributed by atoms with Gasteiger partial charge in [-0.05, 0) is 12.5 Å². The third-order valence-corrected chi connectivity index (χ3v) is 4.76. The van der Waals surface area contributed by atoms with Crippen LogP contribution in [0.4, 0.5) is 8.78 Å². The van der Waals surface area contributed by atoms with Crippen molar-refractivity contribution >= 4 is 5.91 Å². The van der Waals surface area contributed by atoms with E-state index in [2.05, 4.69) is 9.88 Å². The lowest BCUT2D eigenvalue weighted by Gasteiger charge is -2.39. The van der Waals surface area contributed by atoms with Crippen LogP contribution in [0.2, 0.25) is 0 Å². The van der Waals surface area contributed by atoms with E-state index in [0.29, 0.717) is 37.6 Å². The first-order valence-electron chi connectivity index (χ1n) is 8.47. The molecule has 0 bridgehead atoms. The van der Waals surface area contributed by atoms with E-state index >= 15 is 0 Å². The van der Waals surface area contributed by atoms with Gasteiger partial charge in [0.25, 0.3) is 5.91 Å². The van der Waals surface area contributed by atoms with E-state index in [1.54, 1.807) is 28.9 Å². The number of halogens is 2. The minimum absolute atomic E-state index is 0.0897. The van der Waals surface area contributed by atoms with E-state index in [1.165, 1.54) is 12.1 Å². The van der Waals surface area contributed by atoms with E-state index < -0.39 is 11.6 Å². The quantitative estimate of drug-likeness (QED) is 0.853. The molecule has 2 heterocycles. The number of carbonyl (C=O) groups excluding carboxylic acids is 1. The number of amides is 1. The van der Waals surface area contributed by atoms with Crippen molar-refractivity contribution in [1.29, 1.82) is 0 Å². The van der Waals surface area contributed by atoms with Gasteiger partial charge in [0.1, 0.15) is 11.6 Å². The predicted octanol–water partition coefficient (Wildman–Crippen LogP) is 2.61. The molecule has 1 aromatic carbocycles. The summed E-state index contributed by atoms with van der Waals surface area (Å²) in [6.45, 7) is 4.39. The topological polar surface area (TPSA) is 41.4 Å². The average molecular weight is 348 g/mol. The maximum atomic E-state index is 14.1. The number of rotatable bonds is 4. The summed E-state index contributed by atoms with van der Waals surface area (Å²) in [6.07, 6.45) is 4.07. The minimum atomic E-state index is -0.568. The second kappa shape index (κ2) is 7.31. The molecule has 5 nitrogen and oxygen atoms in total. The van der Waals surface area contributed by atoms with Crippen LogP contribution in [-0.4, -0.2) is 51.4 Å². The zero-order chi connectivity index (χ0) is 18.0. The van der Waals surface area contributed by atoms with Crippen LogP contribution in [0.25, 0.3) is 0 Å². The molecular formula is C18H22F2N4O. The summed E-state index contributed by atoms with van der Waals surface area (Å²) >= 11 is 0. The van der Waals surface area contributed by atoms with Crippen molar-refractivity contribution in [3.8, 4) is 0 Å². The number of aromatic nitrogens is 2. The molecule has 25 heavy (non-hydrogen) atoms. The summed E-state index contributed by atoms with van der Waals surface area (Å²) in [5, 5.41) is 0. The van der Waals surface area contributed by atoms with Gasteiger partial charge in [-0.15, -0.1) is 0 Å². The van der Waals surface area contributed by atoms with Crippen LogP contribution >= 0.6 is 0 Å². The standard InChI is InChI=1S/C18H22F2N4O/c1-3-16(14-5-4-13(19)12-15(14)20)23-8-10-24(11-9-23)18(25)17-21-6-7-22(17)2/h4-7,12,16H,3,8-11H2,1-2H3/t16-/m0/s1. The van der Waals surface area contributed by atoms with Crippen molar-refractivity contribution in [2.45, 2.75) is 19.4 Å². The van der Waals surface area contributed by atoms with E-state index in [9.17, 15) is 13.6 Å². The van der Waals surface area contributed by atoms with Gasteiger partial charge in [-0.1, -0.05) is 13.0 Å². The predicted molar refractivity (Wildman–Crippen MR) is 90.1 cm³/mol. The lowest BCUT2D eigenvalue weighted by atomic mass is 10.0. The number of benzene rings is 1. The first kappa shape index (κ1) is 17.5. The first-order valence-corrected chi connectivity index (χ1v) is 8.47. The van der Waals surface area contributed by atoms with Gasteiger partial charge in [-0.2, -0.15) is 0 Å². The Morgan fingerprint density at radius 2 is 1.96 bits per heavy atom. The van der Waals surface area contributed by atoms with Gasteiger partial charge in [-0.3, -0.25) is 9.69 Å². The Balaban J connectivity index is 1.68. The molecule has 1 amide bonds. The summed E-state index contributed by atoms with van der Waals surface area (Å²) in [4.78, 5) is 20.5. The Bertz CT molecular complexity index is 753. The summed E-state index contributed by atoms with van der Waals surface area (Å²) in [6, 6.07) is 3.62. The molecular weight excluding hydrogens is 326 g/mol. The van der Waals surface area contributed by atoms with Crippen LogP contribution in [0, 0.1) is 11.6 Å². The number of hydrogen-bond donors (Lipinski definition) is 0. The smallest absolute Gasteiger partial charge is 0.289 e. The number of hydrogen-bond acceptors (Lipinski definition) is 3. The van der Waals surface area contributed by atoms with Crippen LogP contribution in [0.5, 0.6) is 0 Å². The molecule has 2 aromatic rings. The molecule has 0 aliphatic carbocycles. The third kappa shape index (κ3) is 3.56. The molecule has 1 fully saturated rings. The van der Waals surface area contributed by atoms with Crippen molar-refractivity contribution in [1.82, 2.24) is 19.4 Å². The van der Waals surface area contributed by atoms with Crippen LogP contribution in [0.15, 0.2) is 30.6 Å².